The summed E-state index contributed by atoms with van der Waals surface area (Å²) in [5.74, 6) is 1.58. The third kappa shape index (κ3) is 7.23. The van der Waals surface area contributed by atoms with Crippen LogP contribution in [0.5, 0.6) is 17.4 Å². The zero-order valence-corrected chi connectivity index (χ0v) is 21.4. The molecule has 1 heterocycles. The number of ether oxygens (including phenoxy) is 2. The molecule has 0 aliphatic heterocycles. The van der Waals surface area contributed by atoms with E-state index in [1.54, 1.807) is 38.3 Å². The van der Waals surface area contributed by atoms with Crippen molar-refractivity contribution in [3.63, 3.8) is 0 Å². The van der Waals surface area contributed by atoms with Crippen molar-refractivity contribution in [3.8, 4) is 17.4 Å². The van der Waals surface area contributed by atoms with Crippen LogP contribution in [0.2, 0.25) is 5.02 Å². The minimum atomic E-state index is -0.0822. The maximum absolute atomic E-state index is 11.7. The van der Waals surface area contributed by atoms with Gasteiger partial charge < -0.3 is 25.0 Å². The Morgan fingerprint density at radius 2 is 1.86 bits per heavy atom. The minimum Gasteiger partial charge on any atom is -0.494 e. The van der Waals surface area contributed by atoms with Gasteiger partial charge in [-0.1, -0.05) is 38.4 Å². The average Bonchev–Trinajstić information content (AvgIpc) is 2.86. The summed E-state index contributed by atoms with van der Waals surface area (Å²) < 4.78 is 11.5. The molecular formula is C26H32ClN5O3. The largest absolute Gasteiger partial charge is 0.494 e. The van der Waals surface area contributed by atoms with Crippen molar-refractivity contribution in [1.29, 1.82) is 0 Å². The number of hydrogen-bond acceptors (Lipinski definition) is 7. The molecule has 1 aromatic heterocycles. The van der Waals surface area contributed by atoms with E-state index in [9.17, 15) is 4.79 Å². The number of halogens is 1. The predicted molar refractivity (Wildman–Crippen MR) is 142 cm³/mol. The third-order valence-electron chi connectivity index (χ3n) is 5.15. The maximum Gasteiger partial charge on any atom is 0.243 e. The first-order chi connectivity index (χ1) is 17.0. The van der Waals surface area contributed by atoms with Crippen LogP contribution in [-0.2, 0) is 4.79 Å². The second-order valence-electron chi connectivity index (χ2n) is 7.87. The number of amides is 1. The van der Waals surface area contributed by atoms with E-state index in [2.05, 4.69) is 45.4 Å². The van der Waals surface area contributed by atoms with Crippen molar-refractivity contribution in [2.75, 3.05) is 35.7 Å². The predicted octanol–water partition coefficient (Wildman–Crippen LogP) is 6.65. The van der Waals surface area contributed by atoms with Crippen LogP contribution in [-0.4, -0.2) is 36.1 Å². The molecule has 0 saturated heterocycles. The molecule has 0 aliphatic carbocycles. The van der Waals surface area contributed by atoms with Gasteiger partial charge >= 0.3 is 0 Å². The van der Waals surface area contributed by atoms with Crippen molar-refractivity contribution in [1.82, 2.24) is 9.97 Å². The lowest BCUT2D eigenvalue weighted by molar-refractivity contribution is -0.115. The van der Waals surface area contributed by atoms with E-state index in [4.69, 9.17) is 21.1 Å². The fourth-order valence-corrected chi connectivity index (χ4v) is 3.62. The van der Waals surface area contributed by atoms with E-state index in [-0.39, 0.29) is 16.8 Å². The molecular weight excluding hydrogens is 466 g/mol. The lowest BCUT2D eigenvalue weighted by Gasteiger charge is -2.25. The zero-order valence-electron chi connectivity index (χ0n) is 20.6. The molecule has 35 heavy (non-hydrogen) atoms. The van der Waals surface area contributed by atoms with E-state index in [0.29, 0.717) is 29.6 Å². The highest BCUT2D eigenvalue weighted by molar-refractivity contribution is 6.31. The smallest absolute Gasteiger partial charge is 0.243 e. The molecule has 8 nitrogen and oxygen atoms in total. The zero-order chi connectivity index (χ0) is 25.2. The SMILES string of the molecule is CCCN(CCC)c1ccc(Nc2ncc(Cl)c(Oc3cccc(NC(=O)CC)c3)n2)c(OC)c1. The second kappa shape index (κ2) is 12.8. The van der Waals surface area contributed by atoms with Gasteiger partial charge in [-0.3, -0.25) is 4.79 Å². The third-order valence-corrected chi connectivity index (χ3v) is 5.41. The average molecular weight is 498 g/mol. The molecule has 3 rings (SSSR count). The van der Waals surface area contributed by atoms with E-state index >= 15 is 0 Å². The minimum absolute atomic E-state index is 0.0822. The summed E-state index contributed by atoms with van der Waals surface area (Å²) in [6, 6.07) is 13.0. The van der Waals surface area contributed by atoms with Crippen molar-refractivity contribution >= 4 is 40.5 Å². The maximum atomic E-state index is 11.7. The molecule has 0 unspecified atom stereocenters. The van der Waals surface area contributed by atoms with Gasteiger partial charge in [0.2, 0.25) is 17.7 Å². The number of benzene rings is 2. The van der Waals surface area contributed by atoms with Crippen LogP contribution < -0.4 is 25.0 Å². The van der Waals surface area contributed by atoms with E-state index in [1.165, 1.54) is 6.20 Å². The van der Waals surface area contributed by atoms with Crippen LogP contribution in [0.25, 0.3) is 0 Å². The standard InChI is InChI=1S/C26H32ClN5O3/c1-5-13-32(14-6-2)19-11-12-22(23(16-19)34-4)30-26-28-17-21(27)25(31-26)35-20-10-8-9-18(15-20)29-24(33)7-3/h8-12,15-17H,5-7,13-14H2,1-4H3,(H,29,33)(H,28,30,31). The number of carbonyl (C=O) groups excluding carboxylic acids is 1. The van der Waals surface area contributed by atoms with Gasteiger partial charge in [-0.15, -0.1) is 0 Å². The summed E-state index contributed by atoms with van der Waals surface area (Å²) in [4.78, 5) is 22.7. The summed E-state index contributed by atoms with van der Waals surface area (Å²) in [5, 5.41) is 6.25. The molecule has 0 aliphatic rings. The van der Waals surface area contributed by atoms with Gasteiger partial charge in [0.05, 0.1) is 19.0 Å². The lowest BCUT2D eigenvalue weighted by Crippen LogP contribution is -2.24. The van der Waals surface area contributed by atoms with Crippen LogP contribution >= 0.6 is 11.6 Å². The molecule has 186 valence electrons. The van der Waals surface area contributed by atoms with Crippen LogP contribution in [0.1, 0.15) is 40.0 Å². The highest BCUT2D eigenvalue weighted by Gasteiger charge is 2.13. The van der Waals surface area contributed by atoms with Crippen LogP contribution in [0.15, 0.2) is 48.7 Å². The van der Waals surface area contributed by atoms with Gasteiger partial charge in [-0.05, 0) is 37.1 Å². The Morgan fingerprint density at radius 1 is 1.09 bits per heavy atom. The first-order valence-electron chi connectivity index (χ1n) is 11.8. The molecule has 0 saturated carbocycles. The normalized spacial score (nSPS) is 10.5. The molecule has 0 spiro atoms. The number of hydrogen-bond donors (Lipinski definition) is 2. The highest BCUT2D eigenvalue weighted by Crippen LogP contribution is 2.34. The van der Waals surface area contributed by atoms with Crippen molar-refractivity contribution in [2.24, 2.45) is 0 Å². The first-order valence-corrected chi connectivity index (χ1v) is 12.1. The number of methoxy groups -OCH3 is 1. The molecule has 0 atom stereocenters. The van der Waals surface area contributed by atoms with Gasteiger partial charge in [0, 0.05) is 43.0 Å². The van der Waals surface area contributed by atoms with E-state index < -0.39 is 0 Å². The van der Waals surface area contributed by atoms with Gasteiger partial charge in [-0.25, -0.2) is 4.98 Å². The Kier molecular flexibility index (Phi) is 9.55. The van der Waals surface area contributed by atoms with Crippen LogP contribution in [0.3, 0.4) is 0 Å². The Morgan fingerprint density at radius 3 is 2.54 bits per heavy atom. The molecule has 0 fully saturated rings. The molecule has 3 aromatic rings. The lowest BCUT2D eigenvalue weighted by atomic mass is 10.2. The molecule has 0 bridgehead atoms. The number of anilines is 4. The number of nitrogens with one attached hydrogen (secondary N) is 2. The Bertz CT molecular complexity index is 1140. The summed E-state index contributed by atoms with van der Waals surface area (Å²) in [5.41, 5.74) is 2.46. The summed E-state index contributed by atoms with van der Waals surface area (Å²) in [6.07, 6.45) is 3.99. The van der Waals surface area contributed by atoms with Gasteiger partial charge in [0.1, 0.15) is 16.5 Å². The number of rotatable bonds is 12. The van der Waals surface area contributed by atoms with Crippen molar-refractivity contribution in [3.05, 3.63) is 53.7 Å². The number of aromatic nitrogens is 2. The van der Waals surface area contributed by atoms with Gasteiger partial charge in [-0.2, -0.15) is 4.98 Å². The fourth-order valence-electron chi connectivity index (χ4n) is 3.49. The molecule has 9 heteroatoms. The van der Waals surface area contributed by atoms with Crippen LogP contribution in [0.4, 0.5) is 23.0 Å². The monoisotopic (exact) mass is 497 g/mol. The molecule has 0 radical (unpaired) electrons. The Hall–Kier alpha value is -3.52. The highest BCUT2D eigenvalue weighted by atomic mass is 35.5. The van der Waals surface area contributed by atoms with E-state index in [1.807, 2.05) is 12.1 Å². The second-order valence-corrected chi connectivity index (χ2v) is 8.28. The van der Waals surface area contributed by atoms with Crippen LogP contribution in [0, 0.1) is 0 Å². The summed E-state index contributed by atoms with van der Waals surface area (Å²) in [6.45, 7) is 8.09. The number of carbonyl (C=O) groups is 1. The number of nitrogens with zero attached hydrogens (tertiary/aromatic N) is 3. The van der Waals surface area contributed by atoms with Gasteiger partial charge in [0.25, 0.3) is 0 Å². The van der Waals surface area contributed by atoms with Crippen molar-refractivity contribution in [2.45, 2.75) is 40.0 Å². The quantitative estimate of drug-likeness (QED) is 0.289. The Balaban J connectivity index is 1.80. The van der Waals surface area contributed by atoms with Crippen molar-refractivity contribution < 1.29 is 14.3 Å². The topological polar surface area (TPSA) is 88.6 Å². The fraction of sp³-hybridized carbons (Fsp3) is 0.346. The summed E-state index contributed by atoms with van der Waals surface area (Å²) >= 11 is 6.29. The van der Waals surface area contributed by atoms with E-state index in [0.717, 1.165) is 37.3 Å². The summed E-state index contributed by atoms with van der Waals surface area (Å²) in [7, 11) is 1.63. The van der Waals surface area contributed by atoms with Gasteiger partial charge in [0.15, 0.2) is 0 Å². The Labute approximate surface area is 211 Å². The first kappa shape index (κ1) is 26.1. The molecule has 1 amide bonds. The molecule has 2 aromatic carbocycles. The molecule has 2 N–H and O–H groups in total.